The van der Waals surface area contributed by atoms with Gasteiger partial charge in [0.1, 0.15) is 6.61 Å². The molecule has 0 bridgehead atoms. The van der Waals surface area contributed by atoms with E-state index in [1.165, 1.54) is 0 Å². The van der Waals surface area contributed by atoms with Crippen molar-refractivity contribution in [2.75, 3.05) is 20.2 Å². The number of aliphatic hydroxyl groups is 2. The van der Waals surface area contributed by atoms with Gasteiger partial charge in [0, 0.05) is 24.7 Å². The minimum atomic E-state index is -0.190. The number of hydrogen-bond acceptors (Lipinski definition) is 3. The van der Waals surface area contributed by atoms with E-state index in [-0.39, 0.29) is 18.6 Å². The zero-order chi connectivity index (χ0) is 15.4. The molecule has 4 heteroatoms. The molecule has 112 valence electrons. The maximum atomic E-state index is 12.4. The van der Waals surface area contributed by atoms with Crippen LogP contribution in [0.1, 0.15) is 34.3 Å². The lowest BCUT2D eigenvalue weighted by molar-refractivity contribution is 0.0265. The summed E-state index contributed by atoms with van der Waals surface area (Å²) in [6, 6.07) is 5.41. The summed E-state index contributed by atoms with van der Waals surface area (Å²) in [5, 5.41) is 18.0. The number of aryl methyl sites for hydroxylation is 1. The van der Waals surface area contributed by atoms with Crippen molar-refractivity contribution < 1.29 is 15.0 Å². The van der Waals surface area contributed by atoms with Gasteiger partial charge in [0.15, 0.2) is 0 Å². The molecule has 0 saturated heterocycles. The highest BCUT2D eigenvalue weighted by Crippen LogP contribution is 2.28. The Hall–Kier alpha value is -1.83. The standard InChI is InChI=1S/C17H21NO3/c1-12-8-15(6-5-14(12)4-3-7-19)17(21)18(2)11-13-9-16(20)10-13/h5-6,8,13,16,19-20H,7,9-11H2,1-2H3. The molecule has 0 unspecified atom stereocenters. The van der Waals surface area contributed by atoms with E-state index < -0.39 is 0 Å². The Bertz CT molecular complexity index is 579. The van der Waals surface area contributed by atoms with Gasteiger partial charge in [-0.1, -0.05) is 11.8 Å². The highest BCUT2D eigenvalue weighted by Gasteiger charge is 2.29. The normalized spacial score (nSPS) is 20.2. The van der Waals surface area contributed by atoms with Crippen LogP contribution in [0.4, 0.5) is 0 Å². The quantitative estimate of drug-likeness (QED) is 0.821. The van der Waals surface area contributed by atoms with Gasteiger partial charge in [-0.3, -0.25) is 4.79 Å². The van der Waals surface area contributed by atoms with Gasteiger partial charge >= 0.3 is 0 Å². The van der Waals surface area contributed by atoms with E-state index >= 15 is 0 Å². The third-order valence-corrected chi connectivity index (χ3v) is 3.87. The fourth-order valence-electron chi connectivity index (χ4n) is 2.61. The van der Waals surface area contributed by atoms with Gasteiger partial charge in [-0.25, -0.2) is 0 Å². The van der Waals surface area contributed by atoms with Crippen LogP contribution in [-0.2, 0) is 0 Å². The molecule has 0 spiro atoms. The molecule has 1 aromatic carbocycles. The second-order valence-electron chi connectivity index (χ2n) is 5.67. The fraction of sp³-hybridized carbons (Fsp3) is 0.471. The van der Waals surface area contributed by atoms with Crippen LogP contribution in [0.5, 0.6) is 0 Å². The lowest BCUT2D eigenvalue weighted by Gasteiger charge is -2.34. The molecule has 2 N–H and O–H groups in total. The van der Waals surface area contributed by atoms with Crippen molar-refractivity contribution in [2.24, 2.45) is 5.92 Å². The van der Waals surface area contributed by atoms with Gasteiger partial charge in [-0.05, 0) is 49.4 Å². The molecule has 2 rings (SSSR count). The molecule has 0 aliphatic heterocycles. The highest BCUT2D eigenvalue weighted by molar-refractivity contribution is 5.94. The maximum Gasteiger partial charge on any atom is 0.253 e. The minimum absolute atomic E-state index is 0.0128. The van der Waals surface area contributed by atoms with Crippen LogP contribution in [0, 0.1) is 24.7 Å². The van der Waals surface area contributed by atoms with Crippen molar-refractivity contribution in [3.8, 4) is 11.8 Å². The predicted molar refractivity (Wildman–Crippen MR) is 80.8 cm³/mol. The first-order valence-electron chi connectivity index (χ1n) is 7.15. The predicted octanol–water partition coefficient (Wildman–Crippen LogP) is 1.18. The van der Waals surface area contributed by atoms with Crippen molar-refractivity contribution in [2.45, 2.75) is 25.9 Å². The van der Waals surface area contributed by atoms with Gasteiger partial charge < -0.3 is 15.1 Å². The van der Waals surface area contributed by atoms with Crippen LogP contribution < -0.4 is 0 Å². The Morgan fingerprint density at radius 2 is 2.14 bits per heavy atom. The Morgan fingerprint density at radius 1 is 1.43 bits per heavy atom. The highest BCUT2D eigenvalue weighted by atomic mass is 16.3. The van der Waals surface area contributed by atoms with Crippen molar-refractivity contribution in [1.82, 2.24) is 4.90 Å². The van der Waals surface area contributed by atoms with E-state index in [4.69, 9.17) is 5.11 Å². The molecule has 1 aliphatic rings. The number of carbonyl (C=O) groups excluding carboxylic acids is 1. The average Bonchev–Trinajstić information content (AvgIpc) is 2.43. The molecule has 4 nitrogen and oxygen atoms in total. The molecule has 0 atom stereocenters. The molecule has 0 radical (unpaired) electrons. The third-order valence-electron chi connectivity index (χ3n) is 3.87. The molecule has 0 heterocycles. The second-order valence-corrected chi connectivity index (χ2v) is 5.67. The number of carbonyl (C=O) groups is 1. The summed E-state index contributed by atoms with van der Waals surface area (Å²) in [6.45, 7) is 2.41. The first-order valence-corrected chi connectivity index (χ1v) is 7.15. The van der Waals surface area contributed by atoms with E-state index in [2.05, 4.69) is 11.8 Å². The summed E-state index contributed by atoms with van der Waals surface area (Å²) >= 11 is 0. The van der Waals surface area contributed by atoms with Gasteiger partial charge in [-0.15, -0.1) is 0 Å². The minimum Gasteiger partial charge on any atom is -0.393 e. The van der Waals surface area contributed by atoms with Crippen LogP contribution in [0.2, 0.25) is 0 Å². The molecule has 21 heavy (non-hydrogen) atoms. The fourth-order valence-corrected chi connectivity index (χ4v) is 2.61. The molecule has 1 aliphatic carbocycles. The topological polar surface area (TPSA) is 60.8 Å². The van der Waals surface area contributed by atoms with Crippen molar-refractivity contribution in [3.05, 3.63) is 34.9 Å². The number of nitrogens with zero attached hydrogens (tertiary/aromatic N) is 1. The van der Waals surface area contributed by atoms with E-state index in [1.807, 2.05) is 19.1 Å². The van der Waals surface area contributed by atoms with Gasteiger partial charge in [0.05, 0.1) is 6.10 Å². The second kappa shape index (κ2) is 6.75. The average molecular weight is 287 g/mol. The van der Waals surface area contributed by atoms with Gasteiger partial charge in [0.2, 0.25) is 0 Å². The smallest absolute Gasteiger partial charge is 0.253 e. The molecule has 1 fully saturated rings. The molecule has 1 amide bonds. The number of benzene rings is 1. The lowest BCUT2D eigenvalue weighted by atomic mass is 9.82. The zero-order valence-corrected chi connectivity index (χ0v) is 12.5. The van der Waals surface area contributed by atoms with Crippen LogP contribution in [0.15, 0.2) is 18.2 Å². The first kappa shape index (κ1) is 15.6. The number of rotatable bonds is 3. The van der Waals surface area contributed by atoms with E-state index in [9.17, 15) is 9.90 Å². The van der Waals surface area contributed by atoms with Crippen molar-refractivity contribution in [1.29, 1.82) is 0 Å². The zero-order valence-electron chi connectivity index (χ0n) is 12.5. The monoisotopic (exact) mass is 287 g/mol. The van der Waals surface area contributed by atoms with Crippen LogP contribution in [-0.4, -0.2) is 47.3 Å². The van der Waals surface area contributed by atoms with E-state index in [1.54, 1.807) is 18.0 Å². The summed E-state index contributed by atoms with van der Waals surface area (Å²) < 4.78 is 0. The Morgan fingerprint density at radius 3 is 2.71 bits per heavy atom. The van der Waals surface area contributed by atoms with Gasteiger partial charge in [0.25, 0.3) is 5.91 Å². The summed E-state index contributed by atoms with van der Waals surface area (Å²) in [5.41, 5.74) is 2.39. The molecular formula is C17H21NO3. The SMILES string of the molecule is Cc1cc(C(=O)N(C)CC2CC(O)C2)ccc1C#CCO. The molecule has 1 aromatic rings. The van der Waals surface area contributed by atoms with E-state index in [0.29, 0.717) is 18.0 Å². The van der Waals surface area contributed by atoms with E-state index in [0.717, 1.165) is 24.0 Å². The van der Waals surface area contributed by atoms with Crippen molar-refractivity contribution in [3.63, 3.8) is 0 Å². The summed E-state index contributed by atoms with van der Waals surface area (Å²) in [4.78, 5) is 14.1. The first-order chi connectivity index (χ1) is 10.0. The third kappa shape index (κ3) is 3.84. The lowest BCUT2D eigenvalue weighted by Crippen LogP contribution is -2.39. The Labute approximate surface area is 125 Å². The maximum absolute atomic E-state index is 12.4. The molecule has 0 aromatic heterocycles. The number of amides is 1. The van der Waals surface area contributed by atoms with Crippen LogP contribution in [0.3, 0.4) is 0 Å². The number of aliphatic hydroxyl groups excluding tert-OH is 2. The van der Waals surface area contributed by atoms with Crippen LogP contribution >= 0.6 is 0 Å². The van der Waals surface area contributed by atoms with Crippen LogP contribution in [0.25, 0.3) is 0 Å². The largest absolute Gasteiger partial charge is 0.393 e. The summed E-state index contributed by atoms with van der Waals surface area (Å²) in [5.74, 6) is 5.86. The molecule has 1 saturated carbocycles. The Balaban J connectivity index is 2.03. The van der Waals surface area contributed by atoms with Gasteiger partial charge in [-0.2, -0.15) is 0 Å². The Kier molecular flexibility index (Phi) is 5.00. The molecular weight excluding hydrogens is 266 g/mol. The number of hydrogen-bond donors (Lipinski definition) is 2. The van der Waals surface area contributed by atoms with Crippen molar-refractivity contribution >= 4 is 5.91 Å². The summed E-state index contributed by atoms with van der Waals surface area (Å²) in [6.07, 6.45) is 1.38. The summed E-state index contributed by atoms with van der Waals surface area (Å²) in [7, 11) is 1.79.